The molecule has 0 aliphatic carbocycles. The molecule has 4 rings (SSSR count). The van der Waals surface area contributed by atoms with Crippen LogP contribution in [0.3, 0.4) is 0 Å². The van der Waals surface area contributed by atoms with Crippen molar-refractivity contribution in [3.05, 3.63) is 72.4 Å². The number of aromatic nitrogens is 1. The number of fused-ring (bicyclic) bond motifs is 1. The quantitative estimate of drug-likeness (QED) is 0.310. The highest BCUT2D eigenvalue weighted by Gasteiger charge is 2.15. The number of para-hydroxylation sites is 2. The third-order valence-electron chi connectivity index (χ3n) is 5.16. The van der Waals surface area contributed by atoms with Gasteiger partial charge in [0.05, 0.1) is 37.6 Å². The first-order valence-corrected chi connectivity index (χ1v) is 10.9. The van der Waals surface area contributed by atoms with Crippen molar-refractivity contribution in [1.82, 2.24) is 4.98 Å². The molecule has 0 radical (unpaired) electrons. The molecule has 4 aromatic rings. The van der Waals surface area contributed by atoms with E-state index in [9.17, 15) is 5.26 Å². The van der Waals surface area contributed by atoms with Crippen LogP contribution in [0.4, 0.5) is 11.4 Å². The van der Waals surface area contributed by atoms with Gasteiger partial charge in [0.2, 0.25) is 0 Å². The summed E-state index contributed by atoms with van der Waals surface area (Å²) in [6.45, 7) is 2.62. The topological polar surface area (TPSA) is 85.6 Å². The van der Waals surface area contributed by atoms with Gasteiger partial charge in [0.25, 0.3) is 0 Å². The van der Waals surface area contributed by atoms with Gasteiger partial charge in [-0.25, -0.2) is 0 Å². The normalized spacial score (nSPS) is 10.4. The van der Waals surface area contributed by atoms with Gasteiger partial charge < -0.3 is 24.3 Å². The molecule has 0 spiro atoms. The molecule has 3 aromatic carbocycles. The number of benzene rings is 3. The largest absolute Gasteiger partial charge is 0.493 e. The molecule has 0 unspecified atom stereocenters. The van der Waals surface area contributed by atoms with Crippen LogP contribution in [-0.2, 0) is 0 Å². The van der Waals surface area contributed by atoms with Gasteiger partial charge in [0, 0.05) is 23.3 Å². The molecule has 0 saturated heterocycles. The fraction of sp³-hybridized carbons (Fsp3) is 0.185. The average molecular weight is 456 g/mol. The van der Waals surface area contributed by atoms with E-state index in [0.717, 1.165) is 17.5 Å². The molecule has 0 aliphatic rings. The highest BCUT2D eigenvalue weighted by molar-refractivity contribution is 5.97. The number of rotatable bonds is 9. The third-order valence-corrected chi connectivity index (χ3v) is 5.16. The zero-order valence-electron chi connectivity index (χ0n) is 19.3. The Bertz CT molecular complexity index is 1330. The summed E-state index contributed by atoms with van der Waals surface area (Å²) in [5, 5.41) is 13.8. The predicted molar refractivity (Wildman–Crippen MR) is 132 cm³/mol. The Labute approximate surface area is 198 Å². The molecule has 0 aliphatic heterocycles. The van der Waals surface area contributed by atoms with Crippen molar-refractivity contribution in [2.24, 2.45) is 0 Å². The molecule has 1 heterocycles. The van der Waals surface area contributed by atoms with Crippen LogP contribution in [0.5, 0.6) is 28.7 Å². The number of methoxy groups -OCH3 is 2. The third kappa shape index (κ3) is 4.81. The number of hydrogen-bond donors (Lipinski definition) is 1. The van der Waals surface area contributed by atoms with Gasteiger partial charge >= 0.3 is 0 Å². The number of nitrogens with one attached hydrogen (secondary N) is 1. The van der Waals surface area contributed by atoms with Gasteiger partial charge in [0.1, 0.15) is 11.8 Å². The average Bonchev–Trinajstić information content (AvgIpc) is 2.88. The molecule has 0 bridgehead atoms. The number of hydrogen-bond acceptors (Lipinski definition) is 7. The first-order valence-electron chi connectivity index (χ1n) is 10.9. The zero-order valence-corrected chi connectivity index (χ0v) is 19.3. The Morgan fingerprint density at radius 3 is 2.32 bits per heavy atom. The van der Waals surface area contributed by atoms with Gasteiger partial charge in [0.15, 0.2) is 23.0 Å². The van der Waals surface area contributed by atoms with Crippen LogP contribution >= 0.6 is 0 Å². The fourth-order valence-electron chi connectivity index (χ4n) is 3.48. The van der Waals surface area contributed by atoms with Crippen molar-refractivity contribution in [2.75, 3.05) is 26.1 Å². The van der Waals surface area contributed by atoms with Crippen molar-refractivity contribution in [1.29, 1.82) is 5.26 Å². The van der Waals surface area contributed by atoms with Gasteiger partial charge in [-0.05, 0) is 48.9 Å². The van der Waals surface area contributed by atoms with E-state index in [1.807, 2.05) is 67.6 Å². The number of nitrogens with zero attached hydrogens (tertiary/aromatic N) is 2. The Morgan fingerprint density at radius 2 is 1.65 bits per heavy atom. The van der Waals surface area contributed by atoms with Gasteiger partial charge in [-0.3, -0.25) is 4.98 Å². The summed E-state index contributed by atoms with van der Waals surface area (Å²) in [6, 6.07) is 20.8. The van der Waals surface area contributed by atoms with Crippen LogP contribution in [-0.4, -0.2) is 25.8 Å². The maximum Gasteiger partial charge on any atom is 0.169 e. The first-order chi connectivity index (χ1) is 16.7. The summed E-state index contributed by atoms with van der Waals surface area (Å²) in [5.74, 6) is 3.16. The number of anilines is 2. The molecule has 7 nitrogen and oxygen atoms in total. The molecular weight excluding hydrogens is 430 g/mol. The van der Waals surface area contributed by atoms with Crippen molar-refractivity contribution >= 4 is 22.3 Å². The van der Waals surface area contributed by atoms with Crippen LogP contribution in [0, 0.1) is 11.3 Å². The van der Waals surface area contributed by atoms with Crippen LogP contribution in [0.1, 0.15) is 18.9 Å². The van der Waals surface area contributed by atoms with E-state index in [1.165, 1.54) is 0 Å². The van der Waals surface area contributed by atoms with E-state index < -0.39 is 0 Å². The minimum atomic E-state index is 0.422. The van der Waals surface area contributed by atoms with E-state index in [2.05, 4.69) is 16.4 Å². The minimum Gasteiger partial charge on any atom is -0.493 e. The van der Waals surface area contributed by atoms with Gasteiger partial charge in [-0.15, -0.1) is 0 Å². The Hall–Kier alpha value is -4.44. The first kappa shape index (κ1) is 22.7. The van der Waals surface area contributed by atoms with Crippen LogP contribution in [0.25, 0.3) is 10.9 Å². The van der Waals surface area contributed by atoms with Crippen molar-refractivity contribution in [3.8, 4) is 34.8 Å². The molecule has 1 aromatic heterocycles. The highest BCUT2D eigenvalue weighted by atomic mass is 16.5. The summed E-state index contributed by atoms with van der Waals surface area (Å²) in [6.07, 6.45) is 2.44. The molecule has 172 valence electrons. The summed E-state index contributed by atoms with van der Waals surface area (Å²) in [5.41, 5.74) is 2.56. The van der Waals surface area contributed by atoms with E-state index in [1.54, 1.807) is 20.4 Å². The molecule has 34 heavy (non-hydrogen) atoms. The number of pyridine rings is 1. The van der Waals surface area contributed by atoms with Crippen molar-refractivity contribution in [2.45, 2.75) is 13.3 Å². The minimum absolute atomic E-state index is 0.422. The Morgan fingerprint density at radius 1 is 0.912 bits per heavy atom. The van der Waals surface area contributed by atoms with E-state index in [-0.39, 0.29) is 0 Å². The second kappa shape index (κ2) is 10.5. The predicted octanol–water partition coefficient (Wildman–Crippen LogP) is 6.45. The van der Waals surface area contributed by atoms with Gasteiger partial charge in [-0.1, -0.05) is 19.1 Å². The van der Waals surface area contributed by atoms with E-state index >= 15 is 0 Å². The van der Waals surface area contributed by atoms with Crippen molar-refractivity contribution in [3.63, 3.8) is 0 Å². The maximum atomic E-state index is 9.69. The number of ether oxygens (including phenoxy) is 4. The van der Waals surface area contributed by atoms with Crippen LogP contribution in [0.2, 0.25) is 0 Å². The molecule has 0 amide bonds. The molecule has 0 fully saturated rings. The standard InChI is InChI=1S/C27H25N3O4/c1-4-13-33-26-15-22-21(14-25(26)32-3)27(18(16-28)17-29-22)30-19-9-11-20(12-10-19)34-24-8-6-5-7-23(24)31-2/h5-12,14-15,17H,4,13H2,1-3H3,(H,29,30). The Balaban J connectivity index is 1.65. The summed E-state index contributed by atoms with van der Waals surface area (Å²) < 4.78 is 22.6. The lowest BCUT2D eigenvalue weighted by molar-refractivity contribution is 0.295. The molecule has 7 heteroatoms. The molecule has 1 N–H and O–H groups in total. The SMILES string of the molecule is CCCOc1cc2ncc(C#N)c(Nc3ccc(Oc4ccccc4OC)cc3)c2cc1OC. The number of nitriles is 1. The van der Waals surface area contributed by atoms with E-state index in [0.29, 0.717) is 52.1 Å². The summed E-state index contributed by atoms with van der Waals surface area (Å²) in [7, 11) is 3.20. The van der Waals surface area contributed by atoms with E-state index in [4.69, 9.17) is 18.9 Å². The summed E-state index contributed by atoms with van der Waals surface area (Å²) in [4.78, 5) is 4.45. The lowest BCUT2D eigenvalue weighted by Gasteiger charge is -2.15. The fourth-order valence-corrected chi connectivity index (χ4v) is 3.48. The smallest absolute Gasteiger partial charge is 0.169 e. The zero-order chi connectivity index (χ0) is 23.9. The van der Waals surface area contributed by atoms with Gasteiger partial charge in [-0.2, -0.15) is 5.26 Å². The van der Waals surface area contributed by atoms with Crippen molar-refractivity contribution < 1.29 is 18.9 Å². The van der Waals surface area contributed by atoms with Crippen LogP contribution in [0.15, 0.2) is 66.9 Å². The lowest BCUT2D eigenvalue weighted by atomic mass is 10.1. The van der Waals surface area contributed by atoms with Crippen LogP contribution < -0.4 is 24.3 Å². The Kier molecular flexibility index (Phi) is 6.99. The lowest BCUT2D eigenvalue weighted by Crippen LogP contribution is -2.00. The highest BCUT2D eigenvalue weighted by Crippen LogP contribution is 2.38. The summed E-state index contributed by atoms with van der Waals surface area (Å²) >= 11 is 0. The maximum absolute atomic E-state index is 9.69. The monoisotopic (exact) mass is 455 g/mol. The molecule has 0 saturated carbocycles. The molecule has 0 atom stereocenters. The second-order valence-corrected chi connectivity index (χ2v) is 7.43. The second-order valence-electron chi connectivity index (χ2n) is 7.43. The molecular formula is C27H25N3O4.